The van der Waals surface area contributed by atoms with Gasteiger partial charge >= 0.3 is 0 Å². The molecule has 1 fully saturated rings. The summed E-state index contributed by atoms with van der Waals surface area (Å²) in [6.07, 6.45) is -0.158. The molecular weight excluding hydrogens is 282 g/mol. The van der Waals surface area contributed by atoms with E-state index >= 15 is 0 Å². The van der Waals surface area contributed by atoms with Gasteiger partial charge in [0.05, 0.1) is 18.8 Å². The van der Waals surface area contributed by atoms with Crippen molar-refractivity contribution in [1.29, 1.82) is 0 Å². The molecule has 0 bridgehead atoms. The van der Waals surface area contributed by atoms with E-state index in [1.54, 1.807) is 0 Å². The van der Waals surface area contributed by atoms with Crippen molar-refractivity contribution in [3.8, 4) is 0 Å². The molecule has 1 aliphatic heterocycles. The van der Waals surface area contributed by atoms with Crippen LogP contribution in [0, 0.1) is 0 Å². The Morgan fingerprint density at radius 3 is 2.82 bits per heavy atom. The van der Waals surface area contributed by atoms with Gasteiger partial charge in [-0.25, -0.2) is 0 Å². The van der Waals surface area contributed by atoms with E-state index < -0.39 is 6.10 Å². The molecular formula is C13H18BrNO2. The highest BCUT2D eigenvalue weighted by Gasteiger charge is 2.19. The van der Waals surface area contributed by atoms with E-state index in [0.29, 0.717) is 6.54 Å². The van der Waals surface area contributed by atoms with Crippen LogP contribution in [-0.2, 0) is 4.74 Å². The predicted octanol–water partition coefficient (Wildman–Crippen LogP) is 2.20. The molecule has 0 amide bonds. The van der Waals surface area contributed by atoms with Crippen LogP contribution in [-0.4, -0.2) is 42.4 Å². The zero-order valence-corrected chi connectivity index (χ0v) is 11.6. The lowest BCUT2D eigenvalue weighted by atomic mass is 10.1. The number of hydrogen-bond donors (Lipinski definition) is 1. The number of β-amino-alcohol motifs (C(OH)–C–C–N with tert-alkyl or cyclic N) is 1. The van der Waals surface area contributed by atoms with E-state index in [1.165, 1.54) is 0 Å². The van der Waals surface area contributed by atoms with Crippen molar-refractivity contribution in [1.82, 2.24) is 4.90 Å². The van der Waals surface area contributed by atoms with Gasteiger partial charge in [-0.2, -0.15) is 0 Å². The third-order valence-electron chi connectivity index (χ3n) is 3.01. The lowest BCUT2D eigenvalue weighted by Gasteiger charge is -2.32. The second-order valence-corrected chi connectivity index (χ2v) is 5.42. The molecule has 1 heterocycles. The standard InChI is InChI=1S/C13H18BrNO2/c1-10-8-15(6-7-17-10)9-13(16)11-2-4-12(14)5-3-11/h2-5,10,13,16H,6-9H2,1H3/t10-,13+/m1/s1. The Morgan fingerprint density at radius 2 is 2.18 bits per heavy atom. The van der Waals surface area contributed by atoms with Gasteiger partial charge < -0.3 is 9.84 Å². The fraction of sp³-hybridized carbons (Fsp3) is 0.538. The van der Waals surface area contributed by atoms with Crippen LogP contribution in [0.25, 0.3) is 0 Å². The molecule has 1 aromatic carbocycles. The Hall–Kier alpha value is -0.420. The molecule has 94 valence electrons. The molecule has 0 aliphatic carbocycles. The highest BCUT2D eigenvalue weighted by Crippen LogP contribution is 2.18. The number of aliphatic hydroxyl groups is 1. The van der Waals surface area contributed by atoms with Gasteiger partial charge in [-0.15, -0.1) is 0 Å². The van der Waals surface area contributed by atoms with Crippen molar-refractivity contribution in [3.63, 3.8) is 0 Å². The van der Waals surface area contributed by atoms with Crippen LogP contribution in [0.1, 0.15) is 18.6 Å². The number of aliphatic hydroxyl groups excluding tert-OH is 1. The van der Waals surface area contributed by atoms with E-state index in [2.05, 4.69) is 27.8 Å². The van der Waals surface area contributed by atoms with Crippen molar-refractivity contribution in [2.75, 3.05) is 26.2 Å². The lowest BCUT2D eigenvalue weighted by molar-refractivity contribution is -0.0319. The third-order valence-corrected chi connectivity index (χ3v) is 3.54. The second-order valence-electron chi connectivity index (χ2n) is 4.51. The van der Waals surface area contributed by atoms with E-state index in [4.69, 9.17) is 4.74 Å². The lowest BCUT2D eigenvalue weighted by Crippen LogP contribution is -2.42. The van der Waals surface area contributed by atoms with Gasteiger partial charge in [-0.1, -0.05) is 28.1 Å². The van der Waals surface area contributed by atoms with Crippen LogP contribution in [0.4, 0.5) is 0 Å². The molecule has 0 spiro atoms. The zero-order chi connectivity index (χ0) is 12.3. The van der Waals surface area contributed by atoms with Crippen LogP contribution in [0.15, 0.2) is 28.7 Å². The number of rotatable bonds is 3. The number of morpholine rings is 1. The van der Waals surface area contributed by atoms with Gasteiger partial charge in [0, 0.05) is 24.1 Å². The molecule has 0 unspecified atom stereocenters. The molecule has 4 heteroatoms. The first-order chi connectivity index (χ1) is 8.15. The van der Waals surface area contributed by atoms with Crippen LogP contribution in [0.5, 0.6) is 0 Å². The summed E-state index contributed by atoms with van der Waals surface area (Å²) in [5.74, 6) is 0. The SMILES string of the molecule is C[C@@H]1CN(C[C@H](O)c2ccc(Br)cc2)CCO1. The van der Waals surface area contributed by atoms with E-state index in [0.717, 1.165) is 29.7 Å². The van der Waals surface area contributed by atoms with Gasteiger partial charge in [-0.3, -0.25) is 4.90 Å². The number of hydrogen-bond acceptors (Lipinski definition) is 3. The van der Waals surface area contributed by atoms with Gasteiger partial charge in [-0.05, 0) is 24.6 Å². The number of ether oxygens (including phenoxy) is 1. The van der Waals surface area contributed by atoms with Crippen LogP contribution in [0.2, 0.25) is 0 Å². The highest BCUT2D eigenvalue weighted by molar-refractivity contribution is 9.10. The summed E-state index contributed by atoms with van der Waals surface area (Å²) >= 11 is 3.39. The summed E-state index contributed by atoms with van der Waals surface area (Å²) in [7, 11) is 0. The molecule has 3 nitrogen and oxygen atoms in total. The highest BCUT2D eigenvalue weighted by atomic mass is 79.9. The van der Waals surface area contributed by atoms with Crippen molar-refractivity contribution in [2.24, 2.45) is 0 Å². The minimum Gasteiger partial charge on any atom is -0.387 e. The molecule has 0 radical (unpaired) electrons. The first kappa shape index (κ1) is 13.0. The maximum atomic E-state index is 10.2. The number of halogens is 1. The average Bonchev–Trinajstić information content (AvgIpc) is 2.29. The van der Waals surface area contributed by atoms with Crippen molar-refractivity contribution >= 4 is 15.9 Å². The minimum absolute atomic E-state index is 0.265. The van der Waals surface area contributed by atoms with Gasteiger partial charge in [0.25, 0.3) is 0 Å². The summed E-state index contributed by atoms with van der Waals surface area (Å²) in [5.41, 5.74) is 0.965. The fourth-order valence-electron chi connectivity index (χ4n) is 2.09. The van der Waals surface area contributed by atoms with E-state index in [9.17, 15) is 5.11 Å². The molecule has 1 aliphatic rings. The monoisotopic (exact) mass is 299 g/mol. The van der Waals surface area contributed by atoms with Crippen molar-refractivity contribution < 1.29 is 9.84 Å². The van der Waals surface area contributed by atoms with Gasteiger partial charge in [0.2, 0.25) is 0 Å². The topological polar surface area (TPSA) is 32.7 Å². The van der Waals surface area contributed by atoms with Gasteiger partial charge in [0.15, 0.2) is 0 Å². The maximum Gasteiger partial charge on any atom is 0.0916 e. The van der Waals surface area contributed by atoms with Crippen LogP contribution < -0.4 is 0 Å². The fourth-order valence-corrected chi connectivity index (χ4v) is 2.36. The number of nitrogens with zero attached hydrogens (tertiary/aromatic N) is 1. The Bertz CT molecular complexity index is 355. The smallest absolute Gasteiger partial charge is 0.0916 e. The predicted molar refractivity (Wildman–Crippen MR) is 71.0 cm³/mol. The average molecular weight is 300 g/mol. The summed E-state index contributed by atoms with van der Waals surface area (Å²) in [6, 6.07) is 7.83. The summed E-state index contributed by atoms with van der Waals surface area (Å²) < 4.78 is 6.52. The van der Waals surface area contributed by atoms with E-state index in [1.807, 2.05) is 24.3 Å². The Balaban J connectivity index is 1.91. The molecule has 1 N–H and O–H groups in total. The largest absolute Gasteiger partial charge is 0.387 e. The van der Waals surface area contributed by atoms with E-state index in [-0.39, 0.29) is 6.10 Å². The molecule has 2 atom stereocenters. The molecule has 0 saturated carbocycles. The first-order valence-corrected chi connectivity index (χ1v) is 6.72. The second kappa shape index (κ2) is 5.96. The van der Waals surface area contributed by atoms with Crippen LogP contribution in [0.3, 0.4) is 0 Å². The van der Waals surface area contributed by atoms with Gasteiger partial charge in [0.1, 0.15) is 0 Å². The molecule has 17 heavy (non-hydrogen) atoms. The Kier molecular flexibility index (Phi) is 4.56. The minimum atomic E-state index is -0.423. The number of benzene rings is 1. The summed E-state index contributed by atoms with van der Waals surface area (Å²) in [5, 5.41) is 10.2. The summed E-state index contributed by atoms with van der Waals surface area (Å²) in [6.45, 7) is 5.30. The molecule has 0 aromatic heterocycles. The third kappa shape index (κ3) is 3.78. The Morgan fingerprint density at radius 1 is 1.47 bits per heavy atom. The normalized spacial score (nSPS) is 23.6. The molecule has 1 aromatic rings. The van der Waals surface area contributed by atoms with Crippen molar-refractivity contribution in [2.45, 2.75) is 19.1 Å². The molecule has 2 rings (SSSR count). The summed E-state index contributed by atoms with van der Waals surface area (Å²) in [4.78, 5) is 2.25. The first-order valence-electron chi connectivity index (χ1n) is 5.92. The van der Waals surface area contributed by atoms with Crippen molar-refractivity contribution in [3.05, 3.63) is 34.3 Å². The maximum absolute atomic E-state index is 10.2. The quantitative estimate of drug-likeness (QED) is 0.929. The van der Waals surface area contributed by atoms with Crippen LogP contribution >= 0.6 is 15.9 Å². The molecule has 1 saturated heterocycles. The Labute approximate surface area is 111 Å². The zero-order valence-electron chi connectivity index (χ0n) is 9.97.